The molecule has 0 aromatic rings. The number of amides is 1. The average molecular weight is 157 g/mol. The Morgan fingerprint density at radius 1 is 1.90 bits per heavy atom. The number of carbonyl (C=O) groups excluding carboxylic acids is 1. The van der Waals surface area contributed by atoms with Gasteiger partial charge in [0, 0.05) is 20.0 Å². The predicted molar refractivity (Wildman–Crippen MR) is 44.2 cm³/mol. The molecule has 1 atom stereocenters. The average Bonchev–Trinajstić information content (AvgIpc) is 2.10. The topological polar surface area (TPSA) is 20.3 Å². The third-order valence-corrected chi connectivity index (χ3v) is 2.26. The molecule has 1 rings (SSSR count). The molecule has 0 spiro atoms. The molecule has 2 nitrogen and oxygen atoms in total. The second-order valence-electron chi connectivity index (χ2n) is 2.73. The highest BCUT2D eigenvalue weighted by atomic mass is 32.1. The van der Waals surface area contributed by atoms with Crippen LogP contribution in [0.25, 0.3) is 0 Å². The minimum absolute atomic E-state index is 0.148. The van der Waals surface area contributed by atoms with Gasteiger partial charge in [-0.15, -0.1) is 6.58 Å². The van der Waals surface area contributed by atoms with Crippen molar-refractivity contribution >= 4 is 18.5 Å². The molecule has 0 N–H and O–H groups in total. The smallest absolute Gasteiger partial charge is 0.224 e. The minimum Gasteiger partial charge on any atom is -0.344 e. The van der Waals surface area contributed by atoms with Crippen LogP contribution in [0.1, 0.15) is 6.42 Å². The van der Waals surface area contributed by atoms with Crippen molar-refractivity contribution in [2.75, 3.05) is 13.6 Å². The molecular formula is C7H11NOS. The van der Waals surface area contributed by atoms with Gasteiger partial charge < -0.3 is 4.90 Å². The van der Waals surface area contributed by atoms with Crippen molar-refractivity contribution in [3.63, 3.8) is 0 Å². The molecule has 0 aliphatic carbocycles. The first-order chi connectivity index (χ1) is 4.57. The van der Waals surface area contributed by atoms with E-state index in [9.17, 15) is 4.79 Å². The van der Waals surface area contributed by atoms with Crippen molar-refractivity contribution in [3.8, 4) is 0 Å². The Bertz CT molecular complexity index is 180. The fourth-order valence-corrected chi connectivity index (χ4v) is 1.44. The van der Waals surface area contributed by atoms with E-state index in [1.807, 2.05) is 0 Å². The molecule has 1 aliphatic rings. The Balaban J connectivity index is 2.73. The van der Waals surface area contributed by atoms with Crippen LogP contribution >= 0.6 is 12.6 Å². The number of nitrogens with zero attached hydrogens (tertiary/aromatic N) is 1. The van der Waals surface area contributed by atoms with Crippen LogP contribution in [0.3, 0.4) is 0 Å². The fraction of sp³-hybridized carbons (Fsp3) is 0.571. The molecule has 0 aromatic heterocycles. The number of rotatable bonds is 1. The number of likely N-dealkylation sites (tertiary alicyclic amines) is 1. The Kier molecular flexibility index (Phi) is 1.77. The Hall–Kier alpha value is -0.440. The van der Waals surface area contributed by atoms with Crippen molar-refractivity contribution in [3.05, 3.63) is 12.7 Å². The monoisotopic (exact) mass is 157 g/mol. The van der Waals surface area contributed by atoms with Gasteiger partial charge in [0.2, 0.25) is 5.91 Å². The summed E-state index contributed by atoms with van der Waals surface area (Å²) in [4.78, 5) is 12.7. The van der Waals surface area contributed by atoms with Crippen molar-refractivity contribution in [2.45, 2.75) is 11.2 Å². The van der Waals surface area contributed by atoms with Crippen LogP contribution < -0.4 is 0 Å². The predicted octanol–water partition coefficient (Wildman–Crippen LogP) is 0.703. The van der Waals surface area contributed by atoms with E-state index in [0.29, 0.717) is 13.0 Å². The number of hydrogen-bond acceptors (Lipinski definition) is 2. The standard InChI is InChI=1S/C7H11NOS/c1-3-7(10)4-6(9)8(2)5-7/h3,10H,1,4-5H2,2H3. The second kappa shape index (κ2) is 2.31. The van der Waals surface area contributed by atoms with Crippen LogP contribution in [0.2, 0.25) is 0 Å². The first-order valence-electron chi connectivity index (χ1n) is 3.17. The quantitative estimate of drug-likeness (QED) is 0.439. The van der Waals surface area contributed by atoms with Gasteiger partial charge in [0.05, 0.1) is 4.75 Å². The molecule has 56 valence electrons. The van der Waals surface area contributed by atoms with Crippen molar-refractivity contribution in [2.24, 2.45) is 0 Å². The van der Waals surface area contributed by atoms with E-state index < -0.39 is 0 Å². The lowest BCUT2D eigenvalue weighted by atomic mass is 10.1. The molecule has 0 bridgehead atoms. The van der Waals surface area contributed by atoms with E-state index in [0.717, 1.165) is 0 Å². The zero-order valence-electron chi connectivity index (χ0n) is 6.00. The number of hydrogen-bond donors (Lipinski definition) is 1. The van der Waals surface area contributed by atoms with Crippen LogP contribution in [0.5, 0.6) is 0 Å². The third-order valence-electron chi connectivity index (χ3n) is 1.77. The summed E-state index contributed by atoms with van der Waals surface area (Å²) in [5.74, 6) is 0.148. The zero-order valence-corrected chi connectivity index (χ0v) is 6.90. The van der Waals surface area contributed by atoms with Crippen molar-refractivity contribution in [1.29, 1.82) is 0 Å². The van der Waals surface area contributed by atoms with Crippen LogP contribution in [0.15, 0.2) is 12.7 Å². The Labute approximate surface area is 66.3 Å². The molecule has 3 heteroatoms. The van der Waals surface area contributed by atoms with E-state index >= 15 is 0 Å². The van der Waals surface area contributed by atoms with Gasteiger partial charge in [0.1, 0.15) is 0 Å². The minimum atomic E-state index is -0.286. The lowest BCUT2D eigenvalue weighted by Crippen LogP contribution is -2.23. The highest BCUT2D eigenvalue weighted by molar-refractivity contribution is 7.82. The van der Waals surface area contributed by atoms with Crippen LogP contribution in [-0.2, 0) is 4.79 Å². The van der Waals surface area contributed by atoms with Crippen molar-refractivity contribution < 1.29 is 4.79 Å². The van der Waals surface area contributed by atoms with Crippen LogP contribution in [0.4, 0.5) is 0 Å². The molecule has 1 amide bonds. The summed E-state index contributed by atoms with van der Waals surface area (Å²) in [5.41, 5.74) is 0. The number of carbonyl (C=O) groups is 1. The van der Waals surface area contributed by atoms with Crippen LogP contribution in [-0.4, -0.2) is 29.1 Å². The Morgan fingerprint density at radius 3 is 2.70 bits per heavy atom. The summed E-state index contributed by atoms with van der Waals surface area (Å²) in [5, 5.41) is 0. The SMILES string of the molecule is C=CC1(S)CC(=O)N(C)C1. The van der Waals surface area contributed by atoms with Gasteiger partial charge in [0.25, 0.3) is 0 Å². The summed E-state index contributed by atoms with van der Waals surface area (Å²) in [6.07, 6.45) is 2.22. The van der Waals surface area contributed by atoms with E-state index in [2.05, 4.69) is 19.2 Å². The normalized spacial score (nSPS) is 33.0. The van der Waals surface area contributed by atoms with Gasteiger partial charge >= 0.3 is 0 Å². The summed E-state index contributed by atoms with van der Waals surface area (Å²) in [6.45, 7) is 4.31. The maximum Gasteiger partial charge on any atom is 0.224 e. The van der Waals surface area contributed by atoms with Gasteiger partial charge in [-0.1, -0.05) is 6.08 Å². The molecule has 1 heterocycles. The maximum absolute atomic E-state index is 11.0. The van der Waals surface area contributed by atoms with E-state index in [4.69, 9.17) is 0 Å². The molecule has 1 fully saturated rings. The molecule has 0 aromatic carbocycles. The maximum atomic E-state index is 11.0. The molecule has 10 heavy (non-hydrogen) atoms. The summed E-state index contributed by atoms with van der Waals surface area (Å²) < 4.78 is -0.286. The van der Waals surface area contributed by atoms with Gasteiger partial charge in [-0.05, 0) is 0 Å². The van der Waals surface area contributed by atoms with Gasteiger partial charge in [-0.25, -0.2) is 0 Å². The first-order valence-corrected chi connectivity index (χ1v) is 3.62. The molecule has 0 radical (unpaired) electrons. The lowest BCUT2D eigenvalue weighted by molar-refractivity contribution is -0.126. The molecule has 1 saturated heterocycles. The lowest BCUT2D eigenvalue weighted by Gasteiger charge is -2.15. The van der Waals surface area contributed by atoms with Gasteiger partial charge in [0.15, 0.2) is 0 Å². The van der Waals surface area contributed by atoms with Crippen molar-refractivity contribution in [1.82, 2.24) is 4.90 Å². The zero-order chi connectivity index (χ0) is 7.78. The molecule has 0 saturated carbocycles. The third kappa shape index (κ3) is 1.19. The highest BCUT2D eigenvalue weighted by Gasteiger charge is 2.35. The van der Waals surface area contributed by atoms with E-state index in [1.165, 1.54) is 0 Å². The van der Waals surface area contributed by atoms with Gasteiger partial charge in [-0.2, -0.15) is 12.6 Å². The largest absolute Gasteiger partial charge is 0.344 e. The van der Waals surface area contributed by atoms with E-state index in [1.54, 1.807) is 18.0 Å². The highest BCUT2D eigenvalue weighted by Crippen LogP contribution is 2.28. The second-order valence-corrected chi connectivity index (χ2v) is 3.62. The Morgan fingerprint density at radius 2 is 2.50 bits per heavy atom. The van der Waals surface area contributed by atoms with Crippen LogP contribution in [0, 0.1) is 0 Å². The van der Waals surface area contributed by atoms with E-state index in [-0.39, 0.29) is 10.7 Å². The number of thiol groups is 1. The summed E-state index contributed by atoms with van der Waals surface area (Å²) >= 11 is 4.32. The molecule has 1 unspecified atom stereocenters. The molecular weight excluding hydrogens is 146 g/mol. The summed E-state index contributed by atoms with van der Waals surface area (Å²) in [7, 11) is 1.78. The molecule has 1 aliphatic heterocycles. The fourth-order valence-electron chi connectivity index (χ4n) is 1.09. The summed E-state index contributed by atoms with van der Waals surface area (Å²) in [6, 6.07) is 0. The first kappa shape index (κ1) is 7.66. The van der Waals surface area contributed by atoms with Gasteiger partial charge in [-0.3, -0.25) is 4.79 Å².